The van der Waals surface area contributed by atoms with Crippen molar-refractivity contribution in [3.8, 4) is 44.5 Å². The Morgan fingerprint density at radius 1 is 0.377 bits per heavy atom. The van der Waals surface area contributed by atoms with E-state index < -0.39 is 15.4 Å². The van der Waals surface area contributed by atoms with Crippen molar-refractivity contribution in [2.24, 2.45) is 0 Å². The van der Waals surface area contributed by atoms with E-state index in [1.165, 1.54) is 87.9 Å². The van der Waals surface area contributed by atoms with E-state index in [2.05, 4.69) is 205 Å². The zero-order valence-corrected chi connectivity index (χ0v) is 30.6. The molecule has 0 amide bonds. The van der Waals surface area contributed by atoms with Crippen LogP contribution in [0.15, 0.2) is 198 Å². The third kappa shape index (κ3) is 4.10. The summed E-state index contributed by atoms with van der Waals surface area (Å²) in [5.41, 5.74) is 19.0. The Labute approximate surface area is 313 Å². The van der Waals surface area contributed by atoms with Crippen LogP contribution >= 0.6 is 10.0 Å². The van der Waals surface area contributed by atoms with Gasteiger partial charge in [0.15, 0.2) is 0 Å². The Morgan fingerprint density at radius 2 is 0.887 bits per heavy atom. The molecular formula is C51H37NS. The minimum atomic E-state index is -1.20. The average molecular weight is 696 g/mol. The van der Waals surface area contributed by atoms with Crippen LogP contribution in [0.2, 0.25) is 0 Å². The van der Waals surface area contributed by atoms with Crippen molar-refractivity contribution < 1.29 is 0 Å². The first kappa shape index (κ1) is 30.5. The van der Waals surface area contributed by atoms with Crippen LogP contribution in [0.5, 0.6) is 0 Å². The van der Waals surface area contributed by atoms with Gasteiger partial charge in [-0.25, -0.2) is 0 Å². The molecule has 2 heteroatoms. The van der Waals surface area contributed by atoms with Crippen molar-refractivity contribution in [3.05, 3.63) is 210 Å². The van der Waals surface area contributed by atoms with Gasteiger partial charge in [-0.15, -0.1) is 0 Å². The van der Waals surface area contributed by atoms with Gasteiger partial charge in [0.25, 0.3) is 0 Å². The van der Waals surface area contributed by atoms with E-state index >= 15 is 0 Å². The number of anilines is 3. The Morgan fingerprint density at radius 3 is 1.58 bits per heavy atom. The smallest absolute Gasteiger partial charge is 0.0726 e. The maximum atomic E-state index is 2.52. The molecule has 0 fully saturated rings. The monoisotopic (exact) mass is 695 g/mol. The Hall–Kier alpha value is -6.09. The number of benzene rings is 8. The van der Waals surface area contributed by atoms with Crippen molar-refractivity contribution in [3.63, 3.8) is 0 Å². The van der Waals surface area contributed by atoms with Crippen LogP contribution in [0.1, 0.15) is 22.3 Å². The summed E-state index contributed by atoms with van der Waals surface area (Å²) in [7, 11) is -1.20. The van der Waals surface area contributed by atoms with Crippen molar-refractivity contribution in [2.75, 3.05) is 17.4 Å². The summed E-state index contributed by atoms with van der Waals surface area (Å²) in [5, 5.41) is 0. The second-order valence-corrected chi connectivity index (χ2v) is 18.4. The van der Waals surface area contributed by atoms with Crippen LogP contribution < -0.4 is 4.90 Å². The van der Waals surface area contributed by atoms with E-state index in [-0.39, 0.29) is 0 Å². The maximum absolute atomic E-state index is 2.52. The number of nitrogens with zero attached hydrogens (tertiary/aromatic N) is 1. The lowest BCUT2D eigenvalue weighted by Gasteiger charge is -2.33. The van der Waals surface area contributed by atoms with Gasteiger partial charge in [0.2, 0.25) is 0 Å². The first-order chi connectivity index (χ1) is 26.1. The minimum Gasteiger partial charge on any atom is -0.310 e. The van der Waals surface area contributed by atoms with Gasteiger partial charge in [0.1, 0.15) is 0 Å². The summed E-state index contributed by atoms with van der Waals surface area (Å²) < 4.78 is 0. The molecule has 1 nitrogen and oxygen atoms in total. The zero-order valence-electron chi connectivity index (χ0n) is 29.8. The zero-order chi connectivity index (χ0) is 35.3. The fourth-order valence-electron chi connectivity index (χ4n) is 9.72. The second kappa shape index (κ2) is 11.2. The lowest BCUT2D eigenvalue weighted by Crippen LogP contribution is -2.26. The van der Waals surface area contributed by atoms with Crippen LogP contribution in [-0.2, 0) is 5.41 Å². The molecule has 0 saturated heterocycles. The largest absolute Gasteiger partial charge is 0.310 e. The van der Waals surface area contributed by atoms with Crippen LogP contribution in [0.25, 0.3) is 44.5 Å². The molecule has 8 aromatic rings. The molecule has 1 heterocycles. The molecule has 0 atom stereocenters. The Balaban J connectivity index is 1.18. The molecule has 0 aromatic heterocycles. The summed E-state index contributed by atoms with van der Waals surface area (Å²) in [6.07, 6.45) is 4.91. The molecule has 0 unspecified atom stereocenters. The molecule has 1 aliphatic heterocycles. The molecule has 0 radical (unpaired) electrons. The molecule has 8 aromatic carbocycles. The van der Waals surface area contributed by atoms with Crippen LogP contribution in [0.4, 0.5) is 17.1 Å². The highest BCUT2D eigenvalue weighted by atomic mass is 32.3. The lowest BCUT2D eigenvalue weighted by atomic mass is 9.70. The molecule has 3 aliphatic rings. The highest BCUT2D eigenvalue weighted by Gasteiger charge is 2.52. The topological polar surface area (TPSA) is 3.24 Å². The average Bonchev–Trinajstić information content (AvgIpc) is 3.78. The van der Waals surface area contributed by atoms with E-state index in [4.69, 9.17) is 0 Å². The number of hydrogen-bond acceptors (Lipinski definition) is 1. The van der Waals surface area contributed by atoms with Crippen LogP contribution in [-0.4, -0.2) is 12.5 Å². The van der Waals surface area contributed by atoms with Gasteiger partial charge in [-0.05, 0) is 110 Å². The first-order valence-corrected chi connectivity index (χ1v) is 20.9. The van der Waals surface area contributed by atoms with E-state index in [9.17, 15) is 0 Å². The van der Waals surface area contributed by atoms with Gasteiger partial charge in [0.05, 0.1) is 11.1 Å². The van der Waals surface area contributed by atoms with Gasteiger partial charge in [-0.1, -0.05) is 152 Å². The molecule has 1 spiro atoms. The summed E-state index contributed by atoms with van der Waals surface area (Å²) in [4.78, 5) is 5.45. The minimum absolute atomic E-state index is 0.399. The van der Waals surface area contributed by atoms with Crippen molar-refractivity contribution in [2.45, 2.75) is 15.2 Å². The summed E-state index contributed by atoms with van der Waals surface area (Å²) in [5.74, 6) is 0. The van der Waals surface area contributed by atoms with Gasteiger partial charge < -0.3 is 4.90 Å². The van der Waals surface area contributed by atoms with Crippen molar-refractivity contribution >= 4 is 27.1 Å². The second-order valence-electron chi connectivity index (χ2n) is 14.8. The van der Waals surface area contributed by atoms with Gasteiger partial charge in [0, 0.05) is 26.7 Å². The van der Waals surface area contributed by atoms with Crippen LogP contribution in [0, 0.1) is 0 Å². The van der Waals surface area contributed by atoms with Gasteiger partial charge in [-0.3, -0.25) is 0 Å². The third-order valence-corrected chi connectivity index (χ3v) is 14.9. The molecule has 0 bridgehead atoms. The van der Waals surface area contributed by atoms with E-state index in [1.54, 1.807) is 0 Å². The highest BCUT2D eigenvalue weighted by Crippen LogP contribution is 2.68. The summed E-state index contributed by atoms with van der Waals surface area (Å²) in [6.45, 7) is 0. The molecule has 252 valence electrons. The normalized spacial score (nSPS) is 15.1. The first-order valence-electron chi connectivity index (χ1n) is 18.4. The Bertz CT molecular complexity index is 2710. The van der Waals surface area contributed by atoms with Crippen LogP contribution in [0.3, 0.4) is 0 Å². The maximum Gasteiger partial charge on any atom is 0.0726 e. The number of rotatable bonds is 4. The fraction of sp³-hybridized carbons (Fsp3) is 0.0588. The van der Waals surface area contributed by atoms with E-state index in [0.29, 0.717) is 0 Å². The SMILES string of the molecule is CS1(C)c2ccccc2-c2ccc(N(c3ccc(-c4ccccc4)cc3)c3cccc4c3-c3ccccc3C43c4ccccc4-c4ccccc43)cc21. The quantitative estimate of drug-likeness (QED) is 0.177. The lowest BCUT2D eigenvalue weighted by molar-refractivity contribution is 0.794. The predicted octanol–water partition coefficient (Wildman–Crippen LogP) is 13.6. The number of hydrogen-bond donors (Lipinski definition) is 0. The predicted molar refractivity (Wildman–Crippen MR) is 224 cm³/mol. The summed E-state index contributed by atoms with van der Waals surface area (Å²) >= 11 is 0. The van der Waals surface area contributed by atoms with E-state index in [0.717, 1.165) is 5.69 Å². The van der Waals surface area contributed by atoms with Crippen molar-refractivity contribution in [1.29, 1.82) is 0 Å². The molecule has 11 rings (SSSR count). The summed E-state index contributed by atoms with van der Waals surface area (Å²) in [6, 6.07) is 70.3. The molecule has 2 aliphatic carbocycles. The highest BCUT2D eigenvalue weighted by molar-refractivity contribution is 8.33. The Kier molecular flexibility index (Phi) is 6.45. The third-order valence-electron chi connectivity index (χ3n) is 12.0. The molecule has 53 heavy (non-hydrogen) atoms. The number of fused-ring (bicyclic) bond motifs is 13. The van der Waals surface area contributed by atoms with Gasteiger partial charge >= 0.3 is 0 Å². The molecule has 0 saturated carbocycles. The molecule has 0 N–H and O–H groups in total. The standard InChI is InChI=1S/C51H37NS/c1-53(2)48-26-13-9-19-40(48)41-32-31-37(33-49(41)53)52(36-29-27-35(28-30-36)34-15-4-3-5-16-34)47-25-14-24-46-50(47)42-20-8-12-23-45(42)51(46)43-21-10-6-17-38(43)39-18-7-11-22-44(39)51/h3-33H,1-2H3. The van der Waals surface area contributed by atoms with Crippen molar-refractivity contribution in [1.82, 2.24) is 0 Å². The molecular weight excluding hydrogens is 659 g/mol. The fourth-order valence-corrected chi connectivity index (χ4v) is 12.2. The van der Waals surface area contributed by atoms with Gasteiger partial charge in [-0.2, -0.15) is 10.0 Å². The van der Waals surface area contributed by atoms with E-state index in [1.807, 2.05) is 0 Å².